The molecule has 3 heteroatoms. The Hall–Kier alpha value is -0.570. The minimum atomic E-state index is 0.340. The van der Waals surface area contributed by atoms with Crippen molar-refractivity contribution in [2.24, 2.45) is 10.9 Å². The smallest absolute Gasteiger partial charge is 0.0991 e. The lowest BCUT2D eigenvalue weighted by atomic mass is 9.95. The molecule has 0 aromatic heterocycles. The Balaban J connectivity index is 1.91. The average molecular weight is 210 g/mol. The fourth-order valence-corrected chi connectivity index (χ4v) is 2.69. The molecule has 1 unspecified atom stereocenters. The second-order valence-electron chi connectivity index (χ2n) is 4.72. The number of hydrogen-bond acceptors (Lipinski definition) is 3. The van der Waals surface area contributed by atoms with Crippen LogP contribution in [0.4, 0.5) is 0 Å². The van der Waals surface area contributed by atoms with E-state index in [0.717, 1.165) is 25.3 Å². The Kier molecular flexibility index (Phi) is 4.01. The van der Waals surface area contributed by atoms with E-state index in [1.54, 1.807) is 0 Å². The first kappa shape index (κ1) is 10.9. The highest BCUT2D eigenvalue weighted by Gasteiger charge is 2.22. The van der Waals surface area contributed by atoms with Gasteiger partial charge in [0, 0.05) is 32.7 Å². The van der Waals surface area contributed by atoms with Crippen molar-refractivity contribution in [1.82, 2.24) is 4.90 Å². The first-order valence-electron chi connectivity index (χ1n) is 6.29. The number of rotatable bonds is 3. The van der Waals surface area contributed by atoms with Gasteiger partial charge in [-0.1, -0.05) is 0 Å². The molecule has 2 aliphatic heterocycles. The predicted molar refractivity (Wildman–Crippen MR) is 62.2 cm³/mol. The van der Waals surface area contributed by atoms with E-state index < -0.39 is 0 Å². The van der Waals surface area contributed by atoms with Crippen molar-refractivity contribution in [2.45, 2.75) is 38.5 Å². The number of aliphatic imine (C=N–C) groups is 1. The fourth-order valence-electron chi connectivity index (χ4n) is 2.69. The molecule has 2 rings (SSSR count). The summed E-state index contributed by atoms with van der Waals surface area (Å²) in [4.78, 5) is 7.12. The van der Waals surface area contributed by atoms with Crippen LogP contribution in [0, 0.1) is 5.92 Å². The van der Waals surface area contributed by atoms with E-state index in [4.69, 9.17) is 5.11 Å². The lowest BCUT2D eigenvalue weighted by Crippen LogP contribution is -2.35. The van der Waals surface area contributed by atoms with Crippen LogP contribution in [0.3, 0.4) is 0 Å². The van der Waals surface area contributed by atoms with Crippen molar-refractivity contribution in [3.05, 3.63) is 0 Å². The Morgan fingerprint density at radius 1 is 1.33 bits per heavy atom. The van der Waals surface area contributed by atoms with Gasteiger partial charge in [0.05, 0.1) is 5.84 Å². The van der Waals surface area contributed by atoms with Crippen molar-refractivity contribution < 1.29 is 5.11 Å². The molecule has 0 amide bonds. The monoisotopic (exact) mass is 210 g/mol. The van der Waals surface area contributed by atoms with Gasteiger partial charge >= 0.3 is 0 Å². The van der Waals surface area contributed by atoms with E-state index in [1.165, 1.54) is 44.6 Å². The molecule has 2 heterocycles. The third-order valence-electron chi connectivity index (χ3n) is 3.53. The molecule has 0 aromatic rings. The van der Waals surface area contributed by atoms with Gasteiger partial charge in [0.25, 0.3) is 0 Å². The predicted octanol–water partition coefficient (Wildman–Crippen LogP) is 1.66. The van der Waals surface area contributed by atoms with E-state index in [2.05, 4.69) is 9.89 Å². The maximum atomic E-state index is 8.86. The van der Waals surface area contributed by atoms with Gasteiger partial charge in [0.1, 0.15) is 0 Å². The van der Waals surface area contributed by atoms with E-state index in [-0.39, 0.29) is 0 Å². The molecule has 15 heavy (non-hydrogen) atoms. The summed E-state index contributed by atoms with van der Waals surface area (Å²) < 4.78 is 0. The highest BCUT2D eigenvalue weighted by Crippen LogP contribution is 2.24. The van der Waals surface area contributed by atoms with Crippen molar-refractivity contribution >= 4 is 5.84 Å². The highest BCUT2D eigenvalue weighted by atomic mass is 16.2. The van der Waals surface area contributed by atoms with Crippen LogP contribution in [0.5, 0.6) is 0 Å². The van der Waals surface area contributed by atoms with Crippen molar-refractivity contribution in [3.63, 3.8) is 0 Å². The summed E-state index contributed by atoms with van der Waals surface area (Å²) in [7, 11) is 0. The lowest BCUT2D eigenvalue weighted by Gasteiger charge is -2.28. The SMILES string of the molecule is OCCCC1CCCN2CCCN=C2C1. The molecular formula is C12H22N2O. The van der Waals surface area contributed by atoms with Gasteiger partial charge in [-0.25, -0.2) is 0 Å². The lowest BCUT2D eigenvalue weighted by molar-refractivity contribution is 0.269. The van der Waals surface area contributed by atoms with Gasteiger partial charge < -0.3 is 10.0 Å². The van der Waals surface area contributed by atoms with Crippen LogP contribution in [0.15, 0.2) is 4.99 Å². The van der Waals surface area contributed by atoms with Crippen LogP contribution in [0.25, 0.3) is 0 Å². The molecule has 1 atom stereocenters. The van der Waals surface area contributed by atoms with Crippen LogP contribution in [0.1, 0.15) is 38.5 Å². The standard InChI is InChI=1S/C12H22N2O/c15-9-2-5-11-4-1-7-14-8-3-6-13-12(14)10-11/h11,15H,1-10H2. The van der Waals surface area contributed by atoms with E-state index in [9.17, 15) is 0 Å². The molecule has 0 saturated carbocycles. The average Bonchev–Trinajstić information content (AvgIpc) is 2.47. The second-order valence-corrected chi connectivity index (χ2v) is 4.72. The number of aliphatic hydroxyl groups excluding tert-OH is 1. The van der Waals surface area contributed by atoms with Crippen molar-refractivity contribution in [2.75, 3.05) is 26.2 Å². The van der Waals surface area contributed by atoms with Crippen molar-refractivity contribution in [3.8, 4) is 0 Å². The molecule has 2 aliphatic rings. The Labute approximate surface area is 92.2 Å². The first-order valence-corrected chi connectivity index (χ1v) is 6.29. The molecular weight excluding hydrogens is 188 g/mol. The zero-order chi connectivity index (χ0) is 10.5. The van der Waals surface area contributed by atoms with Crippen LogP contribution in [-0.4, -0.2) is 42.1 Å². The number of amidine groups is 1. The summed E-state index contributed by atoms with van der Waals surface area (Å²) in [6.07, 6.45) is 7.12. The van der Waals surface area contributed by atoms with Gasteiger partial charge in [0.15, 0.2) is 0 Å². The molecule has 3 nitrogen and oxygen atoms in total. The summed E-state index contributed by atoms with van der Waals surface area (Å²) in [6.45, 7) is 3.78. The summed E-state index contributed by atoms with van der Waals surface area (Å²) in [5, 5.41) is 8.86. The van der Waals surface area contributed by atoms with E-state index >= 15 is 0 Å². The van der Waals surface area contributed by atoms with Gasteiger partial charge in [-0.2, -0.15) is 0 Å². The molecule has 86 valence electrons. The number of aliphatic hydroxyl groups is 1. The summed E-state index contributed by atoms with van der Waals surface area (Å²) in [5.41, 5.74) is 0. The molecule has 1 fully saturated rings. The minimum Gasteiger partial charge on any atom is -0.396 e. The maximum Gasteiger partial charge on any atom is 0.0991 e. The zero-order valence-electron chi connectivity index (χ0n) is 9.49. The number of nitrogens with zero attached hydrogens (tertiary/aromatic N) is 2. The third-order valence-corrected chi connectivity index (χ3v) is 3.53. The van der Waals surface area contributed by atoms with E-state index in [1.807, 2.05) is 0 Å². The number of fused-ring (bicyclic) bond motifs is 1. The van der Waals surface area contributed by atoms with Crippen LogP contribution >= 0.6 is 0 Å². The molecule has 1 N–H and O–H groups in total. The minimum absolute atomic E-state index is 0.340. The molecule has 1 saturated heterocycles. The van der Waals surface area contributed by atoms with Gasteiger partial charge in [-0.3, -0.25) is 4.99 Å². The van der Waals surface area contributed by atoms with Crippen molar-refractivity contribution in [1.29, 1.82) is 0 Å². The molecule has 0 aromatic carbocycles. The highest BCUT2D eigenvalue weighted by molar-refractivity contribution is 5.83. The normalized spacial score (nSPS) is 26.9. The Morgan fingerprint density at radius 2 is 2.20 bits per heavy atom. The molecule has 0 spiro atoms. The summed E-state index contributed by atoms with van der Waals surface area (Å²) >= 11 is 0. The Morgan fingerprint density at radius 3 is 3.07 bits per heavy atom. The third kappa shape index (κ3) is 2.94. The summed E-state index contributed by atoms with van der Waals surface area (Å²) in [6, 6.07) is 0. The zero-order valence-corrected chi connectivity index (χ0v) is 9.49. The molecule has 0 bridgehead atoms. The van der Waals surface area contributed by atoms with Crippen LogP contribution in [0.2, 0.25) is 0 Å². The molecule has 0 radical (unpaired) electrons. The second kappa shape index (κ2) is 5.50. The van der Waals surface area contributed by atoms with Crippen LogP contribution in [-0.2, 0) is 0 Å². The number of hydrogen-bond donors (Lipinski definition) is 1. The largest absolute Gasteiger partial charge is 0.396 e. The quantitative estimate of drug-likeness (QED) is 0.769. The fraction of sp³-hybridized carbons (Fsp3) is 0.917. The first-order chi connectivity index (χ1) is 7.40. The summed E-state index contributed by atoms with van der Waals surface area (Å²) in [5.74, 6) is 2.11. The topological polar surface area (TPSA) is 35.8 Å². The van der Waals surface area contributed by atoms with Gasteiger partial charge in [-0.15, -0.1) is 0 Å². The van der Waals surface area contributed by atoms with Crippen LogP contribution < -0.4 is 0 Å². The van der Waals surface area contributed by atoms with Gasteiger partial charge in [0.2, 0.25) is 0 Å². The molecule has 0 aliphatic carbocycles. The van der Waals surface area contributed by atoms with Gasteiger partial charge in [-0.05, 0) is 38.0 Å². The maximum absolute atomic E-state index is 8.86. The van der Waals surface area contributed by atoms with E-state index in [0.29, 0.717) is 6.61 Å². The Bertz CT molecular complexity index is 228.